The van der Waals surface area contributed by atoms with E-state index >= 15 is 0 Å². The molecular formula is C14H20F3N3OS. The fourth-order valence-electron chi connectivity index (χ4n) is 3.16. The Kier molecular flexibility index (Phi) is 4.61. The highest BCUT2D eigenvalue weighted by Crippen LogP contribution is 2.34. The zero-order valence-corrected chi connectivity index (χ0v) is 13.0. The van der Waals surface area contributed by atoms with Gasteiger partial charge in [0.15, 0.2) is 10.8 Å². The summed E-state index contributed by atoms with van der Waals surface area (Å²) in [4.78, 5) is 8.04. The molecule has 1 unspecified atom stereocenters. The Balaban J connectivity index is 1.53. The lowest BCUT2D eigenvalue weighted by Crippen LogP contribution is -2.39. The van der Waals surface area contributed by atoms with Crippen LogP contribution in [-0.4, -0.2) is 53.8 Å². The van der Waals surface area contributed by atoms with Crippen LogP contribution in [0.3, 0.4) is 0 Å². The fraction of sp³-hybridized carbons (Fsp3) is 0.786. The molecule has 0 radical (unpaired) electrons. The molecule has 3 heterocycles. The third-order valence-electron chi connectivity index (χ3n) is 4.41. The van der Waals surface area contributed by atoms with E-state index in [-0.39, 0.29) is 6.10 Å². The summed E-state index contributed by atoms with van der Waals surface area (Å²) in [6, 6.07) is 0. The molecule has 0 saturated carbocycles. The van der Waals surface area contributed by atoms with Gasteiger partial charge in [0.1, 0.15) is 0 Å². The first kappa shape index (κ1) is 16.0. The minimum Gasteiger partial charge on any atom is -0.393 e. The van der Waals surface area contributed by atoms with E-state index in [9.17, 15) is 18.3 Å². The maximum Gasteiger partial charge on any atom is 0.434 e. The molecule has 0 aliphatic carbocycles. The number of aliphatic hydroxyl groups excluding tert-OH is 1. The Morgan fingerprint density at radius 1 is 1.23 bits per heavy atom. The number of hydrogen-bond acceptors (Lipinski definition) is 5. The molecule has 3 rings (SSSR count). The van der Waals surface area contributed by atoms with E-state index in [1.54, 1.807) is 0 Å². The average molecular weight is 335 g/mol. The summed E-state index contributed by atoms with van der Waals surface area (Å²) in [5.41, 5.74) is -0.791. The molecule has 0 spiro atoms. The van der Waals surface area contributed by atoms with Gasteiger partial charge in [0.25, 0.3) is 0 Å². The van der Waals surface area contributed by atoms with Crippen molar-refractivity contribution in [2.75, 3.05) is 37.6 Å². The molecule has 2 saturated heterocycles. The molecule has 4 nitrogen and oxygen atoms in total. The number of halogens is 3. The van der Waals surface area contributed by atoms with Gasteiger partial charge in [-0.25, -0.2) is 4.98 Å². The lowest BCUT2D eigenvalue weighted by atomic mass is 10.0. The largest absolute Gasteiger partial charge is 0.434 e. The maximum atomic E-state index is 12.6. The van der Waals surface area contributed by atoms with Crippen molar-refractivity contribution in [1.29, 1.82) is 0 Å². The molecule has 1 N–H and O–H groups in total. The number of nitrogens with zero attached hydrogens (tertiary/aromatic N) is 3. The van der Waals surface area contributed by atoms with Crippen molar-refractivity contribution in [1.82, 2.24) is 9.88 Å². The normalized spacial score (nSPS) is 25.1. The van der Waals surface area contributed by atoms with Crippen LogP contribution in [0.15, 0.2) is 5.38 Å². The maximum absolute atomic E-state index is 12.6. The first-order valence-electron chi connectivity index (χ1n) is 7.60. The molecule has 22 heavy (non-hydrogen) atoms. The van der Waals surface area contributed by atoms with E-state index in [0.29, 0.717) is 11.0 Å². The van der Waals surface area contributed by atoms with E-state index in [1.807, 2.05) is 4.90 Å². The summed E-state index contributed by atoms with van der Waals surface area (Å²) in [7, 11) is 0. The Bertz CT molecular complexity index is 500. The molecule has 0 bridgehead atoms. The summed E-state index contributed by atoms with van der Waals surface area (Å²) < 4.78 is 37.8. The highest BCUT2D eigenvalue weighted by atomic mass is 32.1. The standard InChI is InChI=1S/C14H20F3N3OS/c15-14(16,17)12-9-22-13(18-12)20-6-1-10(8-20)7-19-4-2-11(21)3-5-19/h9-11,21H,1-8H2. The Labute approximate surface area is 131 Å². The molecule has 1 aromatic rings. The molecule has 124 valence electrons. The molecule has 1 atom stereocenters. The Morgan fingerprint density at radius 3 is 2.59 bits per heavy atom. The van der Waals surface area contributed by atoms with Gasteiger partial charge < -0.3 is 14.9 Å². The van der Waals surface area contributed by atoms with Crippen LogP contribution >= 0.6 is 11.3 Å². The lowest BCUT2D eigenvalue weighted by Gasteiger charge is -2.31. The zero-order valence-electron chi connectivity index (χ0n) is 12.2. The summed E-state index contributed by atoms with van der Waals surface area (Å²) in [6.07, 6.45) is -1.91. The van der Waals surface area contributed by atoms with Crippen LogP contribution in [0.25, 0.3) is 0 Å². The van der Waals surface area contributed by atoms with Crippen molar-refractivity contribution in [2.45, 2.75) is 31.5 Å². The van der Waals surface area contributed by atoms with Gasteiger partial charge in [-0.05, 0) is 25.2 Å². The second kappa shape index (κ2) is 6.33. The van der Waals surface area contributed by atoms with E-state index in [4.69, 9.17) is 0 Å². The number of likely N-dealkylation sites (tertiary alicyclic amines) is 1. The highest BCUT2D eigenvalue weighted by Gasteiger charge is 2.35. The van der Waals surface area contributed by atoms with Gasteiger partial charge in [-0.15, -0.1) is 11.3 Å². The number of rotatable bonds is 3. The smallest absolute Gasteiger partial charge is 0.393 e. The van der Waals surface area contributed by atoms with E-state index in [2.05, 4.69) is 9.88 Å². The van der Waals surface area contributed by atoms with Gasteiger partial charge in [-0.1, -0.05) is 0 Å². The average Bonchev–Trinajstić information content (AvgIpc) is 3.09. The van der Waals surface area contributed by atoms with Gasteiger partial charge in [0, 0.05) is 38.1 Å². The number of anilines is 1. The molecule has 2 aliphatic heterocycles. The molecule has 2 aliphatic rings. The second-order valence-corrected chi connectivity index (χ2v) is 6.98. The lowest BCUT2D eigenvalue weighted by molar-refractivity contribution is -0.140. The van der Waals surface area contributed by atoms with Crippen molar-refractivity contribution in [3.63, 3.8) is 0 Å². The fourth-order valence-corrected chi connectivity index (χ4v) is 4.03. The van der Waals surface area contributed by atoms with E-state index < -0.39 is 11.9 Å². The van der Waals surface area contributed by atoms with E-state index in [1.165, 1.54) is 0 Å². The number of piperidine rings is 1. The summed E-state index contributed by atoms with van der Waals surface area (Å²) in [5.74, 6) is 0.466. The van der Waals surface area contributed by atoms with Crippen molar-refractivity contribution in [2.24, 2.45) is 5.92 Å². The first-order valence-corrected chi connectivity index (χ1v) is 8.48. The van der Waals surface area contributed by atoms with Crippen molar-refractivity contribution in [3.05, 3.63) is 11.1 Å². The van der Waals surface area contributed by atoms with Gasteiger partial charge in [0.2, 0.25) is 0 Å². The van der Waals surface area contributed by atoms with Gasteiger partial charge >= 0.3 is 6.18 Å². The number of alkyl halides is 3. The molecular weight excluding hydrogens is 315 g/mol. The van der Waals surface area contributed by atoms with Crippen molar-refractivity contribution >= 4 is 16.5 Å². The predicted molar refractivity (Wildman–Crippen MR) is 79.1 cm³/mol. The van der Waals surface area contributed by atoms with Crippen molar-refractivity contribution in [3.8, 4) is 0 Å². The minimum atomic E-state index is -4.36. The molecule has 2 fully saturated rings. The van der Waals surface area contributed by atoms with Crippen LogP contribution in [-0.2, 0) is 6.18 Å². The van der Waals surface area contributed by atoms with Gasteiger partial charge in [-0.2, -0.15) is 13.2 Å². The van der Waals surface area contributed by atoms with Crippen LogP contribution in [0.2, 0.25) is 0 Å². The molecule has 1 aromatic heterocycles. The Morgan fingerprint density at radius 2 is 1.95 bits per heavy atom. The minimum absolute atomic E-state index is 0.174. The third-order valence-corrected chi connectivity index (χ3v) is 5.31. The predicted octanol–water partition coefficient (Wildman–Crippen LogP) is 2.44. The number of aromatic nitrogens is 1. The van der Waals surface area contributed by atoms with Crippen LogP contribution in [0.1, 0.15) is 25.0 Å². The van der Waals surface area contributed by atoms with Crippen LogP contribution in [0.4, 0.5) is 18.3 Å². The van der Waals surface area contributed by atoms with Crippen LogP contribution in [0.5, 0.6) is 0 Å². The zero-order chi connectivity index (χ0) is 15.7. The van der Waals surface area contributed by atoms with Crippen molar-refractivity contribution < 1.29 is 18.3 Å². The SMILES string of the molecule is OC1CCN(CC2CCN(c3nc(C(F)(F)F)cs3)C2)CC1. The Hall–Kier alpha value is -0.860. The van der Waals surface area contributed by atoms with E-state index in [0.717, 1.165) is 68.7 Å². The van der Waals surface area contributed by atoms with Gasteiger partial charge in [0.05, 0.1) is 6.10 Å². The number of thiazole rings is 1. The second-order valence-electron chi connectivity index (χ2n) is 6.15. The first-order chi connectivity index (χ1) is 10.4. The highest BCUT2D eigenvalue weighted by molar-refractivity contribution is 7.13. The topological polar surface area (TPSA) is 39.6 Å². The number of aliphatic hydroxyl groups is 1. The summed E-state index contributed by atoms with van der Waals surface area (Å²) in [6.45, 7) is 4.32. The molecule has 8 heteroatoms. The summed E-state index contributed by atoms with van der Waals surface area (Å²) in [5, 5.41) is 11.1. The molecule has 0 amide bonds. The summed E-state index contributed by atoms with van der Waals surface area (Å²) >= 11 is 1.07. The monoisotopic (exact) mass is 335 g/mol. The third kappa shape index (κ3) is 3.72. The molecule has 0 aromatic carbocycles. The quantitative estimate of drug-likeness (QED) is 0.921. The van der Waals surface area contributed by atoms with Crippen LogP contribution < -0.4 is 4.90 Å². The number of hydrogen-bond donors (Lipinski definition) is 1. The van der Waals surface area contributed by atoms with Gasteiger partial charge in [-0.3, -0.25) is 0 Å². The van der Waals surface area contributed by atoms with Crippen LogP contribution in [0, 0.1) is 5.92 Å².